The number of nitrogens with two attached hydrogens (primary N) is 1. The third-order valence-electron chi connectivity index (χ3n) is 2.61. The van der Waals surface area contributed by atoms with E-state index in [0.29, 0.717) is 29.0 Å². The van der Waals surface area contributed by atoms with Gasteiger partial charge in [-0.3, -0.25) is 0 Å². The number of halogens is 1. The van der Waals surface area contributed by atoms with Gasteiger partial charge in [0.2, 0.25) is 11.8 Å². The van der Waals surface area contributed by atoms with Crippen molar-refractivity contribution in [2.45, 2.75) is 18.8 Å². The number of aromatic nitrogens is 2. The zero-order valence-corrected chi connectivity index (χ0v) is 8.48. The first kappa shape index (κ1) is 9.33. The maximum atomic E-state index is 13.1. The van der Waals surface area contributed by atoms with Crippen molar-refractivity contribution < 1.29 is 8.81 Å². The van der Waals surface area contributed by atoms with Crippen molar-refractivity contribution in [2.75, 3.05) is 5.73 Å². The van der Waals surface area contributed by atoms with Crippen molar-refractivity contribution in [3.05, 3.63) is 29.9 Å². The third-order valence-corrected chi connectivity index (χ3v) is 2.61. The summed E-state index contributed by atoms with van der Waals surface area (Å²) in [5.74, 6) is 0.934. The number of benzene rings is 1. The lowest BCUT2D eigenvalue weighted by Gasteiger charge is -1.99. The molecule has 3 rings (SSSR count). The van der Waals surface area contributed by atoms with Gasteiger partial charge in [-0.2, -0.15) is 0 Å². The first-order valence-corrected chi connectivity index (χ1v) is 5.13. The second-order valence-electron chi connectivity index (χ2n) is 3.95. The number of nitrogen functional groups attached to an aromatic ring is 1. The van der Waals surface area contributed by atoms with Crippen LogP contribution in [0.15, 0.2) is 22.6 Å². The summed E-state index contributed by atoms with van der Waals surface area (Å²) < 4.78 is 18.5. The third kappa shape index (κ3) is 1.54. The van der Waals surface area contributed by atoms with E-state index in [1.807, 2.05) is 0 Å². The van der Waals surface area contributed by atoms with Crippen LogP contribution in [0, 0.1) is 5.82 Å². The Balaban J connectivity index is 2.03. The van der Waals surface area contributed by atoms with E-state index in [2.05, 4.69) is 10.2 Å². The van der Waals surface area contributed by atoms with E-state index in [0.717, 1.165) is 12.8 Å². The lowest BCUT2D eigenvalue weighted by atomic mass is 10.2. The molecule has 4 nitrogen and oxygen atoms in total. The van der Waals surface area contributed by atoms with Gasteiger partial charge in [0.15, 0.2) is 0 Å². The zero-order valence-electron chi connectivity index (χ0n) is 8.48. The minimum absolute atomic E-state index is 0.291. The summed E-state index contributed by atoms with van der Waals surface area (Å²) in [6.07, 6.45) is 2.17. The quantitative estimate of drug-likeness (QED) is 0.787. The monoisotopic (exact) mass is 219 g/mol. The van der Waals surface area contributed by atoms with Gasteiger partial charge < -0.3 is 10.2 Å². The van der Waals surface area contributed by atoms with Gasteiger partial charge >= 0.3 is 0 Å². The molecule has 1 saturated carbocycles. The van der Waals surface area contributed by atoms with Crippen molar-refractivity contribution in [3.63, 3.8) is 0 Å². The largest absolute Gasteiger partial charge is 0.420 e. The Morgan fingerprint density at radius 3 is 2.88 bits per heavy atom. The molecule has 0 unspecified atom stereocenters. The summed E-state index contributed by atoms with van der Waals surface area (Å²) in [5.41, 5.74) is 6.62. The summed E-state index contributed by atoms with van der Waals surface area (Å²) >= 11 is 0. The number of hydrogen-bond donors (Lipinski definition) is 1. The molecule has 16 heavy (non-hydrogen) atoms. The smallest absolute Gasteiger partial charge is 0.249 e. The highest BCUT2D eigenvalue weighted by Gasteiger charge is 2.29. The van der Waals surface area contributed by atoms with Gasteiger partial charge in [0.1, 0.15) is 5.82 Å². The van der Waals surface area contributed by atoms with Crippen molar-refractivity contribution in [1.82, 2.24) is 10.2 Å². The molecule has 2 aromatic rings. The van der Waals surface area contributed by atoms with Crippen LogP contribution in [0.1, 0.15) is 24.7 Å². The molecule has 0 bridgehead atoms. The van der Waals surface area contributed by atoms with Crippen LogP contribution < -0.4 is 5.73 Å². The van der Waals surface area contributed by atoms with Crippen molar-refractivity contribution in [1.29, 1.82) is 0 Å². The fourth-order valence-electron chi connectivity index (χ4n) is 1.55. The molecule has 1 aliphatic rings. The van der Waals surface area contributed by atoms with Crippen LogP contribution in [0.2, 0.25) is 0 Å². The summed E-state index contributed by atoms with van der Waals surface area (Å²) in [5, 5.41) is 7.82. The average Bonchev–Trinajstić information content (AvgIpc) is 3.01. The maximum absolute atomic E-state index is 13.1. The molecule has 0 spiro atoms. The SMILES string of the molecule is Nc1ccc(F)cc1-c1nnc(C2CC2)o1. The molecule has 1 aromatic heterocycles. The fraction of sp³-hybridized carbons (Fsp3) is 0.273. The van der Waals surface area contributed by atoms with Crippen LogP contribution in [0.3, 0.4) is 0 Å². The molecule has 2 N–H and O–H groups in total. The van der Waals surface area contributed by atoms with Gasteiger partial charge in [0, 0.05) is 11.6 Å². The molecule has 0 saturated heterocycles. The highest BCUT2D eigenvalue weighted by molar-refractivity contribution is 5.70. The molecule has 0 aliphatic heterocycles. The summed E-state index contributed by atoms with van der Waals surface area (Å²) in [6.45, 7) is 0. The number of nitrogens with zero attached hydrogens (tertiary/aromatic N) is 2. The predicted molar refractivity (Wildman–Crippen MR) is 56.1 cm³/mol. The van der Waals surface area contributed by atoms with E-state index >= 15 is 0 Å². The average molecular weight is 219 g/mol. The number of rotatable bonds is 2. The lowest BCUT2D eigenvalue weighted by Crippen LogP contribution is -1.91. The zero-order chi connectivity index (χ0) is 11.1. The van der Waals surface area contributed by atoms with Gasteiger partial charge in [-0.1, -0.05) is 0 Å². The Morgan fingerprint density at radius 1 is 1.31 bits per heavy atom. The molecule has 1 aromatic carbocycles. The first-order valence-electron chi connectivity index (χ1n) is 5.13. The normalized spacial score (nSPS) is 15.3. The first-order chi connectivity index (χ1) is 7.74. The highest BCUT2D eigenvalue weighted by Crippen LogP contribution is 2.40. The Bertz CT molecular complexity index is 534. The van der Waals surface area contributed by atoms with Crippen LogP contribution in [-0.4, -0.2) is 10.2 Å². The highest BCUT2D eigenvalue weighted by atomic mass is 19.1. The Labute approximate surface area is 91.3 Å². The molecule has 1 fully saturated rings. The van der Waals surface area contributed by atoms with Gasteiger partial charge in [0.05, 0.1) is 5.56 Å². The Morgan fingerprint density at radius 2 is 2.12 bits per heavy atom. The Kier molecular flexibility index (Phi) is 1.92. The summed E-state index contributed by atoms with van der Waals surface area (Å²) in [6, 6.07) is 4.10. The van der Waals surface area contributed by atoms with Crippen LogP contribution >= 0.6 is 0 Å². The van der Waals surface area contributed by atoms with Crippen LogP contribution in [0.5, 0.6) is 0 Å². The van der Waals surface area contributed by atoms with E-state index in [1.54, 1.807) is 0 Å². The standard InChI is InChI=1S/C11H10FN3O/c12-7-3-4-9(13)8(5-7)11-15-14-10(16-11)6-1-2-6/h3-6H,1-2,13H2. The van der Waals surface area contributed by atoms with E-state index < -0.39 is 0 Å². The van der Waals surface area contributed by atoms with Crippen LogP contribution in [0.4, 0.5) is 10.1 Å². The Hall–Kier alpha value is -1.91. The van der Waals surface area contributed by atoms with Crippen molar-refractivity contribution >= 4 is 5.69 Å². The van der Waals surface area contributed by atoms with E-state index in [-0.39, 0.29) is 5.82 Å². The van der Waals surface area contributed by atoms with Gasteiger partial charge in [-0.15, -0.1) is 10.2 Å². The molecule has 82 valence electrons. The van der Waals surface area contributed by atoms with Crippen LogP contribution in [-0.2, 0) is 0 Å². The minimum Gasteiger partial charge on any atom is -0.420 e. The molecular formula is C11H10FN3O. The van der Waals surface area contributed by atoms with Crippen molar-refractivity contribution in [2.24, 2.45) is 0 Å². The molecule has 0 atom stereocenters. The van der Waals surface area contributed by atoms with Crippen molar-refractivity contribution in [3.8, 4) is 11.5 Å². The maximum Gasteiger partial charge on any atom is 0.249 e. The topological polar surface area (TPSA) is 64.9 Å². The number of anilines is 1. The van der Waals surface area contributed by atoms with E-state index in [1.165, 1.54) is 18.2 Å². The summed E-state index contributed by atoms with van der Waals surface area (Å²) in [7, 11) is 0. The molecule has 1 heterocycles. The van der Waals surface area contributed by atoms with E-state index in [4.69, 9.17) is 10.2 Å². The number of hydrogen-bond acceptors (Lipinski definition) is 4. The van der Waals surface area contributed by atoms with Gasteiger partial charge in [-0.05, 0) is 31.0 Å². The second-order valence-corrected chi connectivity index (χ2v) is 3.95. The van der Waals surface area contributed by atoms with E-state index in [9.17, 15) is 4.39 Å². The minimum atomic E-state index is -0.365. The molecule has 0 radical (unpaired) electrons. The predicted octanol–water partition coefficient (Wildman–Crippen LogP) is 2.34. The second kappa shape index (κ2) is 3.30. The molecule has 0 amide bonds. The molecule has 1 aliphatic carbocycles. The lowest BCUT2D eigenvalue weighted by molar-refractivity contribution is 0.508. The summed E-state index contributed by atoms with van der Waals surface area (Å²) in [4.78, 5) is 0. The van der Waals surface area contributed by atoms with Crippen LogP contribution in [0.25, 0.3) is 11.5 Å². The van der Waals surface area contributed by atoms with Gasteiger partial charge in [0.25, 0.3) is 0 Å². The molecule has 5 heteroatoms. The fourth-order valence-corrected chi connectivity index (χ4v) is 1.55. The van der Waals surface area contributed by atoms with Gasteiger partial charge in [-0.25, -0.2) is 4.39 Å². The molecular weight excluding hydrogens is 209 g/mol.